The SMILES string of the molecule is COc1ccc(-c2nn(-c3ccccc3)cc2C(=O)Nc2nc3ccccc3[nH]2)cc1OC. The fraction of sp³-hybridized carbons (Fsp3) is 0.0800. The second-order valence-electron chi connectivity index (χ2n) is 7.30. The van der Waals surface area contributed by atoms with Gasteiger partial charge in [-0.15, -0.1) is 0 Å². The molecule has 0 atom stereocenters. The summed E-state index contributed by atoms with van der Waals surface area (Å²) in [5.41, 5.74) is 4.07. The standard InChI is InChI=1S/C25H21N5O3/c1-32-21-13-12-16(14-22(21)33-2)23-18(15-30(29-23)17-8-4-3-5-9-17)24(31)28-25-26-19-10-6-7-11-20(19)27-25/h3-15H,1-2H3,(H2,26,27,28,31). The molecule has 3 aromatic carbocycles. The lowest BCUT2D eigenvalue weighted by Gasteiger charge is -2.09. The number of rotatable bonds is 6. The Kier molecular flexibility index (Phi) is 5.24. The Morgan fingerprint density at radius 2 is 1.70 bits per heavy atom. The van der Waals surface area contributed by atoms with Crippen molar-refractivity contribution >= 4 is 22.9 Å². The molecule has 0 fully saturated rings. The van der Waals surface area contributed by atoms with Crippen molar-refractivity contribution in [2.45, 2.75) is 0 Å². The number of nitrogens with one attached hydrogen (secondary N) is 2. The van der Waals surface area contributed by atoms with Crippen LogP contribution in [0, 0.1) is 0 Å². The van der Waals surface area contributed by atoms with Gasteiger partial charge in [0, 0.05) is 11.8 Å². The Morgan fingerprint density at radius 3 is 2.45 bits per heavy atom. The van der Waals surface area contributed by atoms with Gasteiger partial charge in [-0.25, -0.2) is 9.67 Å². The maximum Gasteiger partial charge on any atom is 0.261 e. The topological polar surface area (TPSA) is 94.1 Å². The molecule has 8 nitrogen and oxygen atoms in total. The number of hydrogen-bond donors (Lipinski definition) is 2. The van der Waals surface area contributed by atoms with Crippen LogP contribution in [0.2, 0.25) is 0 Å². The summed E-state index contributed by atoms with van der Waals surface area (Å²) in [5.74, 6) is 1.18. The molecule has 1 amide bonds. The van der Waals surface area contributed by atoms with Crippen LogP contribution in [0.1, 0.15) is 10.4 Å². The van der Waals surface area contributed by atoms with Crippen LogP contribution >= 0.6 is 0 Å². The highest BCUT2D eigenvalue weighted by Crippen LogP contribution is 2.33. The van der Waals surface area contributed by atoms with Gasteiger partial charge in [-0.2, -0.15) is 5.10 Å². The van der Waals surface area contributed by atoms with E-state index in [9.17, 15) is 4.79 Å². The lowest BCUT2D eigenvalue weighted by molar-refractivity contribution is 0.102. The number of benzene rings is 3. The average molecular weight is 439 g/mol. The summed E-state index contributed by atoms with van der Waals surface area (Å²) in [7, 11) is 3.15. The van der Waals surface area contributed by atoms with Crippen molar-refractivity contribution in [3.63, 3.8) is 0 Å². The number of amides is 1. The fourth-order valence-corrected chi connectivity index (χ4v) is 3.64. The highest BCUT2D eigenvalue weighted by Gasteiger charge is 2.21. The summed E-state index contributed by atoms with van der Waals surface area (Å²) >= 11 is 0. The third-order valence-corrected chi connectivity index (χ3v) is 5.26. The van der Waals surface area contributed by atoms with E-state index >= 15 is 0 Å². The molecule has 164 valence electrons. The van der Waals surface area contributed by atoms with Gasteiger partial charge in [-0.1, -0.05) is 30.3 Å². The number of aromatic amines is 1. The van der Waals surface area contributed by atoms with Gasteiger partial charge in [-0.3, -0.25) is 10.1 Å². The highest BCUT2D eigenvalue weighted by atomic mass is 16.5. The van der Waals surface area contributed by atoms with E-state index in [2.05, 4.69) is 15.3 Å². The third kappa shape index (κ3) is 3.89. The first kappa shape index (κ1) is 20.3. The molecule has 8 heteroatoms. The van der Waals surface area contributed by atoms with E-state index in [1.807, 2.05) is 60.7 Å². The second-order valence-corrected chi connectivity index (χ2v) is 7.30. The minimum atomic E-state index is -0.332. The average Bonchev–Trinajstić information content (AvgIpc) is 3.48. The van der Waals surface area contributed by atoms with Gasteiger partial charge in [0.2, 0.25) is 5.95 Å². The predicted molar refractivity (Wildman–Crippen MR) is 126 cm³/mol. The molecular weight excluding hydrogens is 418 g/mol. The zero-order valence-electron chi connectivity index (χ0n) is 18.1. The Hall–Kier alpha value is -4.59. The Balaban J connectivity index is 1.57. The summed E-state index contributed by atoms with van der Waals surface area (Å²) in [6.07, 6.45) is 1.71. The number of hydrogen-bond acceptors (Lipinski definition) is 5. The maximum absolute atomic E-state index is 13.3. The van der Waals surface area contributed by atoms with Crippen LogP contribution in [0.15, 0.2) is 79.0 Å². The molecule has 0 saturated heterocycles. The number of carbonyl (C=O) groups excluding carboxylic acids is 1. The van der Waals surface area contributed by atoms with E-state index in [0.29, 0.717) is 28.7 Å². The molecule has 5 aromatic rings. The van der Waals surface area contributed by atoms with Crippen LogP contribution in [0.4, 0.5) is 5.95 Å². The molecular formula is C25H21N5O3. The predicted octanol–water partition coefficient (Wildman–Crippen LogP) is 4.69. The highest BCUT2D eigenvalue weighted by molar-refractivity contribution is 6.07. The maximum atomic E-state index is 13.3. The number of para-hydroxylation sites is 3. The summed E-state index contributed by atoms with van der Waals surface area (Å²) in [6, 6.07) is 22.6. The van der Waals surface area contributed by atoms with E-state index < -0.39 is 0 Å². The lowest BCUT2D eigenvalue weighted by Crippen LogP contribution is -2.13. The summed E-state index contributed by atoms with van der Waals surface area (Å²) in [5, 5.41) is 7.57. The van der Waals surface area contributed by atoms with Gasteiger partial charge >= 0.3 is 0 Å². The Morgan fingerprint density at radius 1 is 0.939 bits per heavy atom. The largest absolute Gasteiger partial charge is 0.493 e. The molecule has 2 heterocycles. The number of ether oxygens (including phenoxy) is 2. The molecule has 0 bridgehead atoms. The number of imidazole rings is 1. The van der Waals surface area contributed by atoms with E-state index in [1.54, 1.807) is 37.2 Å². The van der Waals surface area contributed by atoms with Crippen LogP contribution in [0.3, 0.4) is 0 Å². The first-order valence-electron chi connectivity index (χ1n) is 10.3. The number of methoxy groups -OCH3 is 2. The first-order chi connectivity index (χ1) is 16.2. The van der Waals surface area contributed by atoms with Crippen molar-refractivity contribution in [1.82, 2.24) is 19.7 Å². The lowest BCUT2D eigenvalue weighted by atomic mass is 10.1. The van der Waals surface area contributed by atoms with E-state index in [1.165, 1.54) is 0 Å². The summed E-state index contributed by atoms with van der Waals surface area (Å²) in [6.45, 7) is 0. The van der Waals surface area contributed by atoms with Crippen molar-refractivity contribution in [3.05, 3.63) is 84.6 Å². The van der Waals surface area contributed by atoms with Crippen LogP contribution in [-0.2, 0) is 0 Å². The summed E-state index contributed by atoms with van der Waals surface area (Å²) in [4.78, 5) is 20.9. The molecule has 2 N–H and O–H groups in total. The van der Waals surface area contributed by atoms with E-state index in [0.717, 1.165) is 22.3 Å². The van der Waals surface area contributed by atoms with Gasteiger partial charge in [0.1, 0.15) is 5.69 Å². The number of nitrogens with zero attached hydrogens (tertiary/aromatic N) is 3. The Bertz CT molecular complexity index is 1410. The van der Waals surface area contributed by atoms with Crippen LogP contribution < -0.4 is 14.8 Å². The first-order valence-corrected chi connectivity index (χ1v) is 10.3. The summed E-state index contributed by atoms with van der Waals surface area (Å²) < 4.78 is 12.5. The molecule has 0 unspecified atom stereocenters. The van der Waals surface area contributed by atoms with Gasteiger partial charge in [0.25, 0.3) is 5.91 Å². The zero-order chi connectivity index (χ0) is 22.8. The number of carbonyl (C=O) groups is 1. The van der Waals surface area contributed by atoms with Crippen molar-refractivity contribution in [2.24, 2.45) is 0 Å². The van der Waals surface area contributed by atoms with Crippen molar-refractivity contribution in [1.29, 1.82) is 0 Å². The van der Waals surface area contributed by atoms with Gasteiger partial charge in [0.15, 0.2) is 11.5 Å². The van der Waals surface area contributed by atoms with Gasteiger partial charge in [-0.05, 0) is 42.5 Å². The van der Waals surface area contributed by atoms with Crippen molar-refractivity contribution in [2.75, 3.05) is 19.5 Å². The molecule has 0 spiro atoms. The molecule has 0 saturated carbocycles. The minimum Gasteiger partial charge on any atom is -0.493 e. The number of H-pyrrole nitrogens is 1. The molecule has 0 radical (unpaired) electrons. The molecule has 33 heavy (non-hydrogen) atoms. The van der Waals surface area contributed by atoms with Crippen LogP contribution in [0.25, 0.3) is 28.0 Å². The number of anilines is 1. The van der Waals surface area contributed by atoms with E-state index in [-0.39, 0.29) is 5.91 Å². The molecule has 2 aromatic heterocycles. The quantitative estimate of drug-likeness (QED) is 0.400. The normalized spacial score (nSPS) is 10.8. The Labute approximate surface area is 189 Å². The van der Waals surface area contributed by atoms with Gasteiger partial charge in [0.05, 0.1) is 36.5 Å². The fourth-order valence-electron chi connectivity index (χ4n) is 3.64. The second kappa shape index (κ2) is 8.51. The smallest absolute Gasteiger partial charge is 0.261 e. The van der Waals surface area contributed by atoms with Crippen LogP contribution in [-0.4, -0.2) is 39.9 Å². The van der Waals surface area contributed by atoms with E-state index in [4.69, 9.17) is 14.6 Å². The minimum absolute atomic E-state index is 0.332. The third-order valence-electron chi connectivity index (χ3n) is 5.26. The van der Waals surface area contributed by atoms with Gasteiger partial charge < -0.3 is 14.5 Å². The monoisotopic (exact) mass is 439 g/mol. The number of aromatic nitrogens is 4. The van der Waals surface area contributed by atoms with Crippen molar-refractivity contribution < 1.29 is 14.3 Å². The molecule has 5 rings (SSSR count). The molecule has 0 aliphatic carbocycles. The van der Waals surface area contributed by atoms with Crippen LogP contribution in [0.5, 0.6) is 11.5 Å². The zero-order valence-corrected chi connectivity index (χ0v) is 18.1. The molecule has 0 aliphatic rings. The number of fused-ring (bicyclic) bond motifs is 1. The molecule has 0 aliphatic heterocycles. The van der Waals surface area contributed by atoms with Crippen molar-refractivity contribution in [3.8, 4) is 28.4 Å².